The van der Waals surface area contributed by atoms with E-state index in [0.717, 1.165) is 5.69 Å². The molecule has 0 saturated heterocycles. The molecule has 0 bridgehead atoms. The van der Waals surface area contributed by atoms with Crippen molar-refractivity contribution in [2.24, 2.45) is 0 Å². The van der Waals surface area contributed by atoms with E-state index >= 15 is 0 Å². The van der Waals surface area contributed by atoms with E-state index in [-0.39, 0.29) is 11.6 Å². The summed E-state index contributed by atoms with van der Waals surface area (Å²) in [6, 6.07) is 5.44. The third-order valence-electron chi connectivity index (χ3n) is 2.12. The Labute approximate surface area is 107 Å². The number of pyridine rings is 1. The lowest BCUT2D eigenvalue weighted by Gasteiger charge is -2.22. The highest BCUT2D eigenvalue weighted by molar-refractivity contribution is 7.89. The van der Waals surface area contributed by atoms with Crippen LogP contribution in [0.2, 0.25) is 0 Å². The molecule has 0 fully saturated rings. The Hall–Kier alpha value is -0.650. The van der Waals surface area contributed by atoms with E-state index in [1.807, 2.05) is 12.1 Å². The van der Waals surface area contributed by atoms with Crippen LogP contribution in [0.1, 0.15) is 19.5 Å². The van der Waals surface area contributed by atoms with Gasteiger partial charge in [-0.05, 0) is 26.0 Å². The molecule has 1 aromatic rings. The molecule has 6 heteroatoms. The number of alkyl halides is 1. The minimum atomic E-state index is -3.32. The maximum atomic E-state index is 11.8. The minimum absolute atomic E-state index is 0.0182. The van der Waals surface area contributed by atoms with Crippen LogP contribution in [0, 0.1) is 0 Å². The van der Waals surface area contributed by atoms with Gasteiger partial charge < -0.3 is 0 Å². The van der Waals surface area contributed by atoms with Crippen LogP contribution in [-0.2, 0) is 16.4 Å². The monoisotopic (exact) mass is 276 g/mol. The zero-order chi connectivity index (χ0) is 12.9. The van der Waals surface area contributed by atoms with Crippen molar-refractivity contribution in [2.75, 3.05) is 11.6 Å². The summed E-state index contributed by atoms with van der Waals surface area (Å²) in [4.78, 5) is 4.08. The molecule has 1 N–H and O–H groups in total. The molecule has 0 atom stereocenters. The highest BCUT2D eigenvalue weighted by Crippen LogP contribution is 2.07. The quantitative estimate of drug-likeness (QED) is 0.802. The van der Waals surface area contributed by atoms with Crippen molar-refractivity contribution < 1.29 is 8.42 Å². The van der Waals surface area contributed by atoms with Gasteiger partial charge in [0.2, 0.25) is 10.0 Å². The van der Waals surface area contributed by atoms with Crippen LogP contribution in [-0.4, -0.2) is 30.6 Å². The predicted molar refractivity (Wildman–Crippen MR) is 69.7 cm³/mol. The Morgan fingerprint density at radius 2 is 2.12 bits per heavy atom. The van der Waals surface area contributed by atoms with Crippen molar-refractivity contribution in [2.45, 2.75) is 25.8 Å². The predicted octanol–water partition coefficient (Wildman–Crippen LogP) is 1.56. The number of nitrogens with zero attached hydrogens (tertiary/aromatic N) is 1. The lowest BCUT2D eigenvalue weighted by Crippen LogP contribution is -2.46. The number of aromatic nitrogens is 1. The second-order valence-corrected chi connectivity index (χ2v) is 6.62. The van der Waals surface area contributed by atoms with E-state index in [1.165, 1.54) is 0 Å². The fourth-order valence-electron chi connectivity index (χ4n) is 1.28. The Kier molecular flexibility index (Phi) is 4.91. The van der Waals surface area contributed by atoms with Gasteiger partial charge in [-0.2, -0.15) is 0 Å². The second-order valence-electron chi connectivity index (χ2n) is 4.51. The average Bonchev–Trinajstić information content (AvgIpc) is 2.27. The van der Waals surface area contributed by atoms with Crippen molar-refractivity contribution in [1.29, 1.82) is 0 Å². The van der Waals surface area contributed by atoms with Crippen molar-refractivity contribution in [3.05, 3.63) is 30.1 Å². The third-order valence-corrected chi connectivity index (χ3v) is 4.39. The Balaban J connectivity index is 2.57. The SMILES string of the molecule is CC(C)(CCl)NS(=O)(=O)CCc1ccccn1. The standard InChI is InChI=1S/C11H17ClN2O2S/c1-11(2,9-12)14-17(15,16)8-6-10-5-3-4-7-13-10/h3-5,7,14H,6,8-9H2,1-2H3. The fraction of sp³-hybridized carbons (Fsp3) is 0.545. The summed E-state index contributed by atoms with van der Waals surface area (Å²) < 4.78 is 26.1. The molecule has 0 unspecified atom stereocenters. The van der Waals surface area contributed by atoms with Crippen LogP contribution in [0.3, 0.4) is 0 Å². The summed E-state index contributed by atoms with van der Waals surface area (Å²) in [5.41, 5.74) is 0.145. The zero-order valence-electron chi connectivity index (χ0n) is 9.98. The maximum Gasteiger partial charge on any atom is 0.212 e. The maximum absolute atomic E-state index is 11.8. The topological polar surface area (TPSA) is 59.1 Å². The molecule has 4 nitrogen and oxygen atoms in total. The molecule has 0 aliphatic heterocycles. The van der Waals surface area contributed by atoms with E-state index in [4.69, 9.17) is 11.6 Å². The molecule has 0 aromatic carbocycles. The number of sulfonamides is 1. The molecule has 0 saturated carbocycles. The molecule has 0 radical (unpaired) electrons. The lowest BCUT2D eigenvalue weighted by atomic mass is 10.1. The molecule has 0 amide bonds. The molecule has 1 heterocycles. The van der Waals surface area contributed by atoms with Gasteiger partial charge in [0.1, 0.15) is 0 Å². The summed E-state index contributed by atoms with van der Waals surface area (Å²) in [7, 11) is -3.32. The molecule has 17 heavy (non-hydrogen) atoms. The summed E-state index contributed by atoms with van der Waals surface area (Å²) in [5.74, 6) is 0.250. The molecule has 1 rings (SSSR count). The van der Waals surface area contributed by atoms with Gasteiger partial charge in [0.05, 0.1) is 5.75 Å². The number of aryl methyl sites for hydroxylation is 1. The first kappa shape index (κ1) is 14.4. The Bertz CT molecular complexity index is 446. The van der Waals surface area contributed by atoms with Gasteiger partial charge in [-0.25, -0.2) is 13.1 Å². The van der Waals surface area contributed by atoms with Crippen LogP contribution in [0.5, 0.6) is 0 Å². The number of rotatable bonds is 6. The number of hydrogen-bond donors (Lipinski definition) is 1. The molecular weight excluding hydrogens is 260 g/mol. The van der Waals surface area contributed by atoms with E-state index in [2.05, 4.69) is 9.71 Å². The first-order valence-electron chi connectivity index (χ1n) is 5.32. The molecule has 0 aliphatic carbocycles. The lowest BCUT2D eigenvalue weighted by molar-refractivity contribution is 0.495. The van der Waals surface area contributed by atoms with E-state index in [1.54, 1.807) is 26.1 Å². The number of nitrogens with one attached hydrogen (secondary N) is 1. The largest absolute Gasteiger partial charge is 0.261 e. The fourth-order valence-corrected chi connectivity index (χ4v) is 2.92. The van der Waals surface area contributed by atoms with Gasteiger partial charge >= 0.3 is 0 Å². The summed E-state index contributed by atoms with van der Waals surface area (Å²) >= 11 is 5.68. The first-order valence-corrected chi connectivity index (χ1v) is 7.51. The van der Waals surface area contributed by atoms with Gasteiger partial charge in [0.15, 0.2) is 0 Å². The third kappa shape index (κ3) is 5.48. The van der Waals surface area contributed by atoms with Crippen molar-refractivity contribution in [3.63, 3.8) is 0 Å². The van der Waals surface area contributed by atoms with Crippen LogP contribution < -0.4 is 4.72 Å². The average molecular weight is 277 g/mol. The van der Waals surface area contributed by atoms with Gasteiger partial charge in [-0.1, -0.05) is 6.07 Å². The highest BCUT2D eigenvalue weighted by atomic mass is 35.5. The normalized spacial score (nSPS) is 12.6. The van der Waals surface area contributed by atoms with E-state index in [9.17, 15) is 8.42 Å². The summed E-state index contributed by atoms with van der Waals surface area (Å²) in [6.45, 7) is 3.50. The summed E-state index contributed by atoms with van der Waals surface area (Å²) in [6.07, 6.45) is 2.05. The highest BCUT2D eigenvalue weighted by Gasteiger charge is 2.23. The molecular formula is C11H17ClN2O2S. The second kappa shape index (κ2) is 5.80. The van der Waals surface area contributed by atoms with Crippen molar-refractivity contribution in [3.8, 4) is 0 Å². The zero-order valence-corrected chi connectivity index (χ0v) is 11.6. The van der Waals surface area contributed by atoms with Crippen molar-refractivity contribution in [1.82, 2.24) is 9.71 Å². The van der Waals surface area contributed by atoms with Crippen molar-refractivity contribution >= 4 is 21.6 Å². The Morgan fingerprint density at radius 3 is 2.65 bits per heavy atom. The number of halogens is 1. The van der Waals surface area contributed by atoms with Gasteiger partial charge in [-0.3, -0.25) is 4.98 Å². The van der Waals surface area contributed by atoms with Crippen LogP contribution in [0.15, 0.2) is 24.4 Å². The molecule has 1 aromatic heterocycles. The van der Waals surface area contributed by atoms with Gasteiger partial charge in [0, 0.05) is 29.7 Å². The Morgan fingerprint density at radius 1 is 1.41 bits per heavy atom. The van der Waals surface area contributed by atoms with Gasteiger partial charge in [0.25, 0.3) is 0 Å². The molecule has 96 valence electrons. The van der Waals surface area contributed by atoms with E-state index < -0.39 is 15.6 Å². The minimum Gasteiger partial charge on any atom is -0.261 e. The van der Waals surface area contributed by atoms with Crippen LogP contribution >= 0.6 is 11.6 Å². The van der Waals surface area contributed by atoms with Crippen LogP contribution in [0.4, 0.5) is 0 Å². The summed E-state index contributed by atoms with van der Waals surface area (Å²) in [5, 5.41) is 0. The first-order chi connectivity index (χ1) is 7.85. The molecule has 0 aliphatic rings. The van der Waals surface area contributed by atoms with Gasteiger partial charge in [-0.15, -0.1) is 11.6 Å². The van der Waals surface area contributed by atoms with E-state index in [0.29, 0.717) is 6.42 Å². The smallest absolute Gasteiger partial charge is 0.212 e. The molecule has 0 spiro atoms. The number of hydrogen-bond acceptors (Lipinski definition) is 3. The van der Waals surface area contributed by atoms with Crippen LogP contribution in [0.25, 0.3) is 0 Å².